The molecule has 2 atom stereocenters. The van der Waals surface area contributed by atoms with Crippen LogP contribution in [0.4, 0.5) is 0 Å². The van der Waals surface area contributed by atoms with Crippen molar-refractivity contribution in [1.82, 2.24) is 5.32 Å². The van der Waals surface area contributed by atoms with Crippen LogP contribution in [-0.2, 0) is 9.53 Å². The van der Waals surface area contributed by atoms with Crippen LogP contribution in [0.2, 0.25) is 0 Å². The standard InChI is InChI=1S/C9H14N2O3/c12-9(13)7-5-14-8(11-7)6-2-1-3-10-4-6/h6-7,10H,1-5H2,(H,12,13). The molecule has 0 aromatic rings. The molecule has 5 heteroatoms. The van der Waals surface area contributed by atoms with Gasteiger partial charge in [0, 0.05) is 12.5 Å². The van der Waals surface area contributed by atoms with Crippen LogP contribution in [-0.4, -0.2) is 42.7 Å². The molecule has 5 nitrogen and oxygen atoms in total. The Bertz CT molecular complexity index is 259. The van der Waals surface area contributed by atoms with E-state index in [2.05, 4.69) is 10.3 Å². The van der Waals surface area contributed by atoms with Gasteiger partial charge in [-0.2, -0.15) is 0 Å². The zero-order valence-corrected chi connectivity index (χ0v) is 7.90. The Labute approximate surface area is 82.2 Å². The summed E-state index contributed by atoms with van der Waals surface area (Å²) in [7, 11) is 0. The van der Waals surface area contributed by atoms with Gasteiger partial charge in [0.2, 0.25) is 0 Å². The summed E-state index contributed by atoms with van der Waals surface area (Å²) in [6.07, 6.45) is 2.14. The summed E-state index contributed by atoms with van der Waals surface area (Å²) in [6, 6.07) is -0.688. The number of nitrogens with zero attached hydrogens (tertiary/aromatic N) is 1. The van der Waals surface area contributed by atoms with Crippen LogP contribution < -0.4 is 5.32 Å². The van der Waals surface area contributed by atoms with Gasteiger partial charge in [-0.3, -0.25) is 0 Å². The number of carboxylic acids is 1. The molecule has 0 saturated carbocycles. The fourth-order valence-corrected chi connectivity index (χ4v) is 1.80. The smallest absolute Gasteiger partial charge is 0.332 e. The number of rotatable bonds is 2. The minimum atomic E-state index is -0.899. The summed E-state index contributed by atoms with van der Waals surface area (Å²) in [6.45, 7) is 2.08. The summed E-state index contributed by atoms with van der Waals surface area (Å²) in [4.78, 5) is 14.7. The third kappa shape index (κ3) is 1.87. The van der Waals surface area contributed by atoms with Crippen LogP contribution in [0.3, 0.4) is 0 Å². The predicted octanol–water partition coefficient (Wildman–Crippen LogP) is -0.132. The minimum absolute atomic E-state index is 0.196. The lowest BCUT2D eigenvalue weighted by Crippen LogP contribution is -2.34. The summed E-state index contributed by atoms with van der Waals surface area (Å²) in [5.74, 6) is 0.00136. The molecule has 2 aliphatic rings. The topological polar surface area (TPSA) is 70.9 Å². The van der Waals surface area contributed by atoms with E-state index in [1.165, 1.54) is 0 Å². The van der Waals surface area contributed by atoms with E-state index in [0.29, 0.717) is 5.90 Å². The van der Waals surface area contributed by atoms with Gasteiger partial charge in [-0.1, -0.05) is 0 Å². The van der Waals surface area contributed by atoms with E-state index in [9.17, 15) is 4.79 Å². The molecule has 14 heavy (non-hydrogen) atoms. The van der Waals surface area contributed by atoms with Crippen LogP contribution in [0.25, 0.3) is 0 Å². The lowest BCUT2D eigenvalue weighted by atomic mass is 10.00. The van der Waals surface area contributed by atoms with Crippen LogP contribution >= 0.6 is 0 Å². The maximum atomic E-state index is 10.6. The molecule has 0 aromatic carbocycles. The number of ether oxygens (including phenoxy) is 1. The molecule has 0 aromatic heterocycles. The van der Waals surface area contributed by atoms with Gasteiger partial charge in [0.25, 0.3) is 0 Å². The number of hydrogen-bond donors (Lipinski definition) is 2. The van der Waals surface area contributed by atoms with Crippen LogP contribution in [0.5, 0.6) is 0 Å². The lowest BCUT2D eigenvalue weighted by Gasteiger charge is -2.21. The summed E-state index contributed by atoms with van der Waals surface area (Å²) < 4.78 is 5.30. The average Bonchev–Trinajstić information content (AvgIpc) is 2.68. The van der Waals surface area contributed by atoms with Crippen molar-refractivity contribution in [3.05, 3.63) is 0 Å². The molecule has 0 bridgehead atoms. The molecule has 0 aliphatic carbocycles. The Morgan fingerprint density at radius 3 is 3.07 bits per heavy atom. The fourth-order valence-electron chi connectivity index (χ4n) is 1.80. The van der Waals surface area contributed by atoms with E-state index in [-0.39, 0.29) is 12.5 Å². The fraction of sp³-hybridized carbons (Fsp3) is 0.778. The van der Waals surface area contributed by atoms with Gasteiger partial charge in [-0.15, -0.1) is 0 Å². The third-order valence-corrected chi connectivity index (χ3v) is 2.60. The highest BCUT2D eigenvalue weighted by molar-refractivity contribution is 5.86. The second-order valence-corrected chi connectivity index (χ2v) is 3.68. The molecule has 2 aliphatic heterocycles. The minimum Gasteiger partial charge on any atom is -0.480 e. The Kier molecular flexibility index (Phi) is 2.67. The van der Waals surface area contributed by atoms with Gasteiger partial charge < -0.3 is 15.2 Å². The molecular weight excluding hydrogens is 184 g/mol. The van der Waals surface area contributed by atoms with Crippen molar-refractivity contribution in [2.45, 2.75) is 18.9 Å². The monoisotopic (exact) mass is 198 g/mol. The van der Waals surface area contributed by atoms with Gasteiger partial charge >= 0.3 is 5.97 Å². The molecule has 1 saturated heterocycles. The maximum absolute atomic E-state index is 10.6. The zero-order chi connectivity index (χ0) is 9.97. The highest BCUT2D eigenvalue weighted by Gasteiger charge is 2.30. The van der Waals surface area contributed by atoms with E-state index in [1.807, 2.05) is 0 Å². The van der Waals surface area contributed by atoms with Crippen molar-refractivity contribution in [1.29, 1.82) is 0 Å². The Hall–Kier alpha value is -1.10. The number of hydrogen-bond acceptors (Lipinski definition) is 4. The normalized spacial score (nSPS) is 32.1. The van der Waals surface area contributed by atoms with E-state index < -0.39 is 12.0 Å². The van der Waals surface area contributed by atoms with Crippen molar-refractivity contribution in [3.63, 3.8) is 0 Å². The van der Waals surface area contributed by atoms with Crippen molar-refractivity contribution in [2.75, 3.05) is 19.7 Å². The second-order valence-electron chi connectivity index (χ2n) is 3.68. The first-order valence-electron chi connectivity index (χ1n) is 4.91. The zero-order valence-electron chi connectivity index (χ0n) is 7.90. The van der Waals surface area contributed by atoms with E-state index in [1.54, 1.807) is 0 Å². The lowest BCUT2D eigenvalue weighted by molar-refractivity contribution is -0.138. The number of aliphatic carboxylic acids is 1. The van der Waals surface area contributed by atoms with Crippen LogP contribution in [0.1, 0.15) is 12.8 Å². The average molecular weight is 198 g/mol. The molecule has 0 amide bonds. The first kappa shape index (κ1) is 9.45. The van der Waals surface area contributed by atoms with Crippen molar-refractivity contribution < 1.29 is 14.6 Å². The second kappa shape index (κ2) is 3.96. The number of aliphatic imine (C=N–C) groups is 1. The van der Waals surface area contributed by atoms with Crippen LogP contribution in [0, 0.1) is 5.92 Å². The van der Waals surface area contributed by atoms with Crippen molar-refractivity contribution in [2.24, 2.45) is 10.9 Å². The van der Waals surface area contributed by atoms with Crippen LogP contribution in [0.15, 0.2) is 4.99 Å². The molecule has 2 N–H and O–H groups in total. The first-order chi connectivity index (χ1) is 6.77. The van der Waals surface area contributed by atoms with E-state index in [4.69, 9.17) is 9.84 Å². The molecule has 0 spiro atoms. The summed E-state index contributed by atoms with van der Waals surface area (Å²) in [5.41, 5.74) is 0. The first-order valence-corrected chi connectivity index (χ1v) is 4.91. The number of piperidine rings is 1. The number of nitrogens with one attached hydrogen (secondary N) is 1. The molecule has 2 heterocycles. The van der Waals surface area contributed by atoms with Gasteiger partial charge in [0.15, 0.2) is 11.9 Å². The molecule has 2 rings (SSSR count). The Morgan fingerprint density at radius 1 is 1.64 bits per heavy atom. The summed E-state index contributed by atoms with van der Waals surface area (Å²) in [5, 5.41) is 12.0. The van der Waals surface area contributed by atoms with Gasteiger partial charge in [-0.05, 0) is 19.4 Å². The SMILES string of the molecule is O=C(O)C1COC(C2CCCNC2)=N1. The Morgan fingerprint density at radius 2 is 2.50 bits per heavy atom. The largest absolute Gasteiger partial charge is 0.480 e. The van der Waals surface area contributed by atoms with Crippen molar-refractivity contribution in [3.8, 4) is 0 Å². The van der Waals surface area contributed by atoms with Gasteiger partial charge in [0.1, 0.15) is 6.61 Å². The molecule has 2 unspecified atom stereocenters. The third-order valence-electron chi connectivity index (χ3n) is 2.60. The highest BCUT2D eigenvalue weighted by atomic mass is 16.5. The highest BCUT2D eigenvalue weighted by Crippen LogP contribution is 2.17. The van der Waals surface area contributed by atoms with Gasteiger partial charge in [-0.25, -0.2) is 9.79 Å². The van der Waals surface area contributed by atoms with E-state index in [0.717, 1.165) is 25.9 Å². The maximum Gasteiger partial charge on any atom is 0.332 e. The van der Waals surface area contributed by atoms with Gasteiger partial charge in [0.05, 0.1) is 0 Å². The Balaban J connectivity index is 1.97. The number of carbonyl (C=O) groups is 1. The molecule has 78 valence electrons. The van der Waals surface area contributed by atoms with Crippen molar-refractivity contribution >= 4 is 11.9 Å². The predicted molar refractivity (Wildman–Crippen MR) is 50.4 cm³/mol. The molecule has 1 fully saturated rings. The molecular formula is C9H14N2O3. The van der Waals surface area contributed by atoms with E-state index >= 15 is 0 Å². The summed E-state index contributed by atoms with van der Waals surface area (Å²) >= 11 is 0. The molecule has 0 radical (unpaired) electrons. The quantitative estimate of drug-likeness (QED) is 0.648. The number of carboxylic acid groups (broad SMARTS) is 1.